The molecule has 0 heterocycles. The maximum atomic E-state index is 12.1. The molecule has 0 aliphatic heterocycles. The Morgan fingerprint density at radius 3 is 2.05 bits per heavy atom. The summed E-state index contributed by atoms with van der Waals surface area (Å²) in [7, 11) is -3.54. The molecule has 1 rings (SSSR count). The van der Waals surface area contributed by atoms with Gasteiger partial charge in [0.2, 0.25) is 10.0 Å². The lowest BCUT2D eigenvalue weighted by atomic mass is 10.0. The summed E-state index contributed by atoms with van der Waals surface area (Å²) in [5.41, 5.74) is 0.0127. The number of sulfonamides is 1. The van der Waals surface area contributed by atoms with Crippen LogP contribution in [0.5, 0.6) is 0 Å². The molecule has 0 amide bonds. The normalized spacial score (nSPS) is 12.7. The van der Waals surface area contributed by atoms with Gasteiger partial charge in [-0.2, -0.15) is 0 Å². The molecule has 0 aromatic heterocycles. The van der Waals surface area contributed by atoms with E-state index in [4.69, 9.17) is 0 Å². The van der Waals surface area contributed by atoms with Crippen molar-refractivity contribution in [2.45, 2.75) is 51.5 Å². The number of Topliss-reactive ketones (excluding diaryl/α,β-unsaturated/α-hetero) is 1. The van der Waals surface area contributed by atoms with Gasteiger partial charge in [0.15, 0.2) is 5.78 Å². The number of hydrogen-bond donors (Lipinski definition) is 1. The Morgan fingerprint density at radius 2 is 1.65 bits per heavy atom. The van der Waals surface area contributed by atoms with Gasteiger partial charge in [-0.1, -0.05) is 26.0 Å². The molecule has 0 aliphatic carbocycles. The number of hydrogen-bond acceptors (Lipinski definition) is 3. The lowest BCUT2D eigenvalue weighted by molar-refractivity contribution is 0.0967. The summed E-state index contributed by atoms with van der Waals surface area (Å²) >= 11 is 0. The monoisotopic (exact) mass is 297 g/mol. The third kappa shape index (κ3) is 5.06. The Balaban J connectivity index is 2.94. The number of rotatable bonds is 5. The van der Waals surface area contributed by atoms with Gasteiger partial charge in [-0.05, 0) is 38.8 Å². The van der Waals surface area contributed by atoms with Crippen LogP contribution in [-0.2, 0) is 10.0 Å². The zero-order chi connectivity index (χ0) is 15.6. The molecule has 1 aromatic carbocycles. The summed E-state index contributed by atoms with van der Waals surface area (Å²) in [6.45, 7) is 9.30. The van der Waals surface area contributed by atoms with Gasteiger partial charge in [-0.25, -0.2) is 13.1 Å². The van der Waals surface area contributed by atoms with Crippen molar-refractivity contribution >= 4 is 15.8 Å². The van der Waals surface area contributed by atoms with E-state index in [0.29, 0.717) is 12.0 Å². The summed E-state index contributed by atoms with van der Waals surface area (Å²) < 4.78 is 26.8. The highest BCUT2D eigenvalue weighted by Gasteiger charge is 2.22. The van der Waals surface area contributed by atoms with Crippen LogP contribution < -0.4 is 4.72 Å². The predicted molar refractivity (Wildman–Crippen MR) is 80.3 cm³/mol. The van der Waals surface area contributed by atoms with Crippen molar-refractivity contribution in [2.75, 3.05) is 0 Å². The molecule has 4 nitrogen and oxygen atoms in total. The summed E-state index contributed by atoms with van der Waals surface area (Å²) in [6, 6.07) is 6.09. The smallest absolute Gasteiger partial charge is 0.241 e. The van der Waals surface area contributed by atoms with E-state index in [1.165, 1.54) is 12.1 Å². The van der Waals surface area contributed by atoms with Crippen molar-refractivity contribution in [1.29, 1.82) is 0 Å². The van der Waals surface area contributed by atoms with Gasteiger partial charge in [-0.15, -0.1) is 0 Å². The molecular formula is C15H23NO3S. The van der Waals surface area contributed by atoms with E-state index in [2.05, 4.69) is 4.72 Å². The minimum absolute atomic E-state index is 0.0349. The van der Waals surface area contributed by atoms with Crippen molar-refractivity contribution in [3.8, 4) is 0 Å². The second-order valence-electron chi connectivity index (χ2n) is 6.40. The van der Waals surface area contributed by atoms with Crippen LogP contribution in [0.4, 0.5) is 0 Å². The molecule has 112 valence electrons. The fourth-order valence-corrected chi connectivity index (χ4v) is 3.19. The molecule has 0 atom stereocenters. The molecule has 0 unspecified atom stereocenters. The summed E-state index contributed by atoms with van der Waals surface area (Å²) in [4.78, 5) is 12.1. The third-order valence-corrected chi connectivity index (χ3v) is 4.29. The molecule has 0 saturated heterocycles. The van der Waals surface area contributed by atoms with Gasteiger partial charge in [-0.3, -0.25) is 4.79 Å². The highest BCUT2D eigenvalue weighted by atomic mass is 32.2. The molecule has 0 saturated carbocycles. The molecule has 1 aromatic rings. The van der Waals surface area contributed by atoms with Crippen molar-refractivity contribution in [2.24, 2.45) is 5.92 Å². The van der Waals surface area contributed by atoms with Gasteiger partial charge < -0.3 is 0 Å². The molecule has 5 heteroatoms. The first-order valence-electron chi connectivity index (χ1n) is 6.68. The molecule has 0 aliphatic rings. The largest absolute Gasteiger partial charge is 0.294 e. The van der Waals surface area contributed by atoms with E-state index in [0.717, 1.165) is 0 Å². The predicted octanol–water partition coefficient (Wildman–Crippen LogP) is 2.99. The highest BCUT2D eigenvalue weighted by molar-refractivity contribution is 7.89. The van der Waals surface area contributed by atoms with E-state index >= 15 is 0 Å². The zero-order valence-corrected chi connectivity index (χ0v) is 13.5. The van der Waals surface area contributed by atoms with Gasteiger partial charge in [0, 0.05) is 17.5 Å². The molecule has 1 N–H and O–H groups in total. The lowest BCUT2D eigenvalue weighted by Gasteiger charge is -2.20. The molecule has 0 spiro atoms. The van der Waals surface area contributed by atoms with E-state index in [9.17, 15) is 13.2 Å². The standard InChI is InChI=1S/C15H23NO3S/c1-11(2)10-14(17)12-6-8-13(9-7-12)20(18,19)16-15(3,4)5/h6-9,11,16H,10H2,1-5H3. The molecular weight excluding hydrogens is 274 g/mol. The quantitative estimate of drug-likeness (QED) is 0.850. The van der Waals surface area contributed by atoms with Crippen LogP contribution in [0.3, 0.4) is 0 Å². The minimum atomic E-state index is -3.54. The SMILES string of the molecule is CC(C)CC(=O)c1ccc(S(=O)(=O)NC(C)(C)C)cc1. The lowest BCUT2D eigenvalue weighted by Crippen LogP contribution is -2.40. The van der Waals surface area contributed by atoms with Gasteiger partial charge in [0.05, 0.1) is 4.90 Å². The van der Waals surface area contributed by atoms with Crippen molar-refractivity contribution in [3.05, 3.63) is 29.8 Å². The van der Waals surface area contributed by atoms with Crippen LogP contribution in [0.1, 0.15) is 51.4 Å². The first kappa shape index (κ1) is 16.9. The van der Waals surface area contributed by atoms with E-state index < -0.39 is 15.6 Å². The number of nitrogens with one attached hydrogen (secondary N) is 1. The van der Waals surface area contributed by atoms with Gasteiger partial charge in [0.1, 0.15) is 0 Å². The number of carbonyl (C=O) groups is 1. The molecule has 0 bridgehead atoms. The fourth-order valence-electron chi connectivity index (χ4n) is 1.77. The van der Waals surface area contributed by atoms with E-state index in [1.54, 1.807) is 32.9 Å². The second kappa shape index (κ2) is 6.06. The Morgan fingerprint density at radius 1 is 1.15 bits per heavy atom. The molecule has 20 heavy (non-hydrogen) atoms. The second-order valence-corrected chi connectivity index (χ2v) is 8.08. The number of benzene rings is 1. The van der Waals surface area contributed by atoms with E-state index in [-0.39, 0.29) is 16.6 Å². The topological polar surface area (TPSA) is 63.2 Å². The number of ketones is 1. The summed E-state index contributed by atoms with van der Waals surface area (Å²) in [6.07, 6.45) is 0.465. The van der Waals surface area contributed by atoms with E-state index in [1.807, 2.05) is 13.8 Å². The minimum Gasteiger partial charge on any atom is -0.294 e. The summed E-state index contributed by atoms with van der Waals surface area (Å²) in [5.74, 6) is 0.321. The van der Waals surface area contributed by atoms with Crippen LogP contribution in [-0.4, -0.2) is 19.7 Å². The Bertz CT molecular complexity index is 566. The van der Waals surface area contributed by atoms with Crippen molar-refractivity contribution in [1.82, 2.24) is 4.72 Å². The van der Waals surface area contributed by atoms with Gasteiger partial charge >= 0.3 is 0 Å². The molecule has 0 radical (unpaired) electrons. The summed E-state index contributed by atoms with van der Waals surface area (Å²) in [5, 5.41) is 0. The first-order chi connectivity index (χ1) is 9.01. The van der Waals surface area contributed by atoms with Crippen LogP contribution in [0.2, 0.25) is 0 Å². The fraction of sp³-hybridized carbons (Fsp3) is 0.533. The van der Waals surface area contributed by atoms with Crippen LogP contribution in [0.25, 0.3) is 0 Å². The average Bonchev–Trinajstić information content (AvgIpc) is 2.25. The van der Waals surface area contributed by atoms with Crippen LogP contribution in [0, 0.1) is 5.92 Å². The first-order valence-corrected chi connectivity index (χ1v) is 8.17. The maximum absolute atomic E-state index is 12.1. The van der Waals surface area contributed by atoms with Crippen LogP contribution in [0.15, 0.2) is 29.2 Å². The van der Waals surface area contributed by atoms with Crippen molar-refractivity contribution < 1.29 is 13.2 Å². The number of carbonyl (C=O) groups excluding carboxylic acids is 1. The Labute approximate surface area is 121 Å². The Kier molecular flexibility index (Phi) is 5.10. The molecule has 0 fully saturated rings. The van der Waals surface area contributed by atoms with Gasteiger partial charge in [0.25, 0.3) is 0 Å². The third-order valence-electron chi connectivity index (χ3n) is 2.52. The maximum Gasteiger partial charge on any atom is 0.241 e. The zero-order valence-electron chi connectivity index (χ0n) is 12.7. The van der Waals surface area contributed by atoms with Crippen molar-refractivity contribution in [3.63, 3.8) is 0 Å². The highest BCUT2D eigenvalue weighted by Crippen LogP contribution is 2.16. The average molecular weight is 297 g/mol. The Hall–Kier alpha value is -1.20. The van der Waals surface area contributed by atoms with Crippen LogP contribution >= 0.6 is 0 Å².